The van der Waals surface area contributed by atoms with E-state index in [1.54, 1.807) is 61.8 Å². The van der Waals surface area contributed by atoms with E-state index < -0.39 is 6.03 Å². The molecule has 0 aliphatic carbocycles. The third-order valence-electron chi connectivity index (χ3n) is 4.79. The molecule has 0 saturated carbocycles. The topological polar surface area (TPSA) is 81.7 Å². The van der Waals surface area contributed by atoms with Crippen LogP contribution in [0.3, 0.4) is 0 Å². The number of halogens is 2. The third-order valence-corrected chi connectivity index (χ3v) is 5.53. The van der Waals surface area contributed by atoms with E-state index in [0.717, 1.165) is 16.5 Å². The van der Waals surface area contributed by atoms with Crippen LogP contribution in [0.2, 0.25) is 10.0 Å². The van der Waals surface area contributed by atoms with Crippen molar-refractivity contribution in [1.82, 2.24) is 10.2 Å². The number of rotatable bonds is 5. The van der Waals surface area contributed by atoms with Gasteiger partial charge in [0.15, 0.2) is 0 Å². The highest BCUT2D eigenvalue weighted by Gasteiger charge is 2.24. The van der Waals surface area contributed by atoms with Crippen molar-refractivity contribution in [2.75, 3.05) is 17.1 Å². The van der Waals surface area contributed by atoms with Gasteiger partial charge in [0.05, 0.1) is 41.1 Å². The molecule has 31 heavy (non-hydrogen) atoms. The number of benzene rings is 3. The summed E-state index contributed by atoms with van der Waals surface area (Å²) in [6.07, 6.45) is 1.67. The molecule has 3 aromatic carbocycles. The Kier molecular flexibility index (Phi) is 5.99. The summed E-state index contributed by atoms with van der Waals surface area (Å²) in [6, 6.07) is 16.4. The molecule has 0 fully saturated rings. The second-order valence-corrected chi connectivity index (χ2v) is 7.58. The lowest BCUT2D eigenvalue weighted by molar-refractivity contribution is 0.209. The lowest BCUT2D eigenvalue weighted by atomic mass is 10.1. The zero-order valence-corrected chi connectivity index (χ0v) is 17.9. The number of methoxy groups -OCH3 is 1. The van der Waals surface area contributed by atoms with Gasteiger partial charge in [0.2, 0.25) is 0 Å². The number of amides is 2. The van der Waals surface area contributed by atoms with Gasteiger partial charge < -0.3 is 4.74 Å². The second-order valence-electron chi connectivity index (χ2n) is 6.77. The van der Waals surface area contributed by atoms with E-state index in [2.05, 4.69) is 10.2 Å². The molecule has 1 heterocycles. The van der Waals surface area contributed by atoms with Gasteiger partial charge in [-0.25, -0.2) is 4.79 Å². The fraction of sp³-hybridized carbons (Fsp3) is 0.0909. The Morgan fingerprint density at radius 2 is 1.77 bits per heavy atom. The predicted molar refractivity (Wildman–Crippen MR) is 121 cm³/mol. The molecular weight excluding hydrogens is 439 g/mol. The van der Waals surface area contributed by atoms with E-state index in [1.807, 2.05) is 12.1 Å². The summed E-state index contributed by atoms with van der Waals surface area (Å²) in [5.41, 5.74) is 2.46. The minimum absolute atomic E-state index is 0.159. The molecule has 0 atom stereocenters. The summed E-state index contributed by atoms with van der Waals surface area (Å²) in [5.74, 6) is 0.614. The maximum Gasteiger partial charge on any atom is 0.353 e. The highest BCUT2D eigenvalue weighted by atomic mass is 35.5. The number of carbonyl (C=O) groups is 1. The number of nitrogens with one attached hydrogen (secondary N) is 1. The van der Waals surface area contributed by atoms with Crippen LogP contribution in [0, 0.1) is 0 Å². The van der Waals surface area contributed by atoms with Gasteiger partial charge in [-0.3, -0.25) is 15.2 Å². The highest BCUT2D eigenvalue weighted by Crippen LogP contribution is 2.28. The van der Waals surface area contributed by atoms with E-state index in [1.165, 1.54) is 4.90 Å². The van der Waals surface area contributed by atoms with Crippen molar-refractivity contribution in [1.29, 1.82) is 0 Å². The number of anilines is 2. The molecule has 0 radical (unpaired) electrons. The molecule has 4 aromatic rings. The first-order chi connectivity index (χ1) is 15.0. The summed E-state index contributed by atoms with van der Waals surface area (Å²) in [6.45, 7) is 0.159. The van der Waals surface area contributed by atoms with Gasteiger partial charge in [-0.15, -0.1) is 0 Å². The maximum absolute atomic E-state index is 13.3. The Hall–Kier alpha value is -3.26. The van der Waals surface area contributed by atoms with Gasteiger partial charge in [0, 0.05) is 11.1 Å². The number of carbonyl (C=O) groups excluding carboxylic acids is 1. The molecule has 4 rings (SSSR count). The molecule has 0 spiro atoms. The first kappa shape index (κ1) is 21.0. The summed E-state index contributed by atoms with van der Waals surface area (Å²) >= 11 is 12.2. The molecule has 2 amide bonds. The van der Waals surface area contributed by atoms with Crippen molar-refractivity contribution < 1.29 is 14.7 Å². The number of aromatic amines is 1. The smallest absolute Gasteiger partial charge is 0.353 e. The number of hydrogen-bond acceptors (Lipinski definition) is 4. The molecule has 7 nitrogen and oxygen atoms in total. The van der Waals surface area contributed by atoms with Crippen molar-refractivity contribution in [3.8, 4) is 5.75 Å². The average Bonchev–Trinajstić information content (AvgIpc) is 3.27. The Balaban J connectivity index is 1.70. The van der Waals surface area contributed by atoms with Gasteiger partial charge in [0.25, 0.3) is 0 Å². The van der Waals surface area contributed by atoms with Crippen molar-refractivity contribution in [3.63, 3.8) is 0 Å². The SMILES string of the molecule is COc1ccc(N(O)C(=O)N(Cc2ccc(Cl)c(Cl)c2)c2ccc3[nH]ncc3c2)cc1. The fourth-order valence-corrected chi connectivity index (χ4v) is 3.46. The van der Waals surface area contributed by atoms with Crippen LogP contribution in [0.1, 0.15) is 5.56 Å². The highest BCUT2D eigenvalue weighted by molar-refractivity contribution is 6.42. The quantitative estimate of drug-likeness (QED) is 0.289. The predicted octanol–water partition coefficient (Wildman–Crippen LogP) is 5.90. The van der Waals surface area contributed by atoms with Crippen LogP contribution in [0.25, 0.3) is 10.9 Å². The summed E-state index contributed by atoms with van der Waals surface area (Å²) in [7, 11) is 1.54. The van der Waals surface area contributed by atoms with Gasteiger partial charge in [-0.05, 0) is 60.2 Å². The van der Waals surface area contributed by atoms with Crippen LogP contribution in [0.5, 0.6) is 5.75 Å². The summed E-state index contributed by atoms with van der Waals surface area (Å²) in [5, 5.41) is 19.8. The number of nitrogens with zero attached hydrogens (tertiary/aromatic N) is 3. The normalized spacial score (nSPS) is 10.8. The van der Waals surface area contributed by atoms with Crippen LogP contribution in [0.4, 0.5) is 16.2 Å². The van der Waals surface area contributed by atoms with Crippen molar-refractivity contribution >= 4 is 51.5 Å². The molecule has 0 aliphatic heterocycles. The van der Waals surface area contributed by atoms with E-state index in [9.17, 15) is 10.0 Å². The standard InChI is InChI=1S/C22H18Cl2N4O3/c1-31-18-6-3-16(4-7-18)28(30)22(29)27(13-14-2-8-19(23)20(24)10-14)17-5-9-21-15(11-17)12-25-26-21/h2-12,30H,13H2,1H3,(H,25,26). The Morgan fingerprint density at radius 3 is 2.48 bits per heavy atom. The van der Waals surface area contributed by atoms with Crippen molar-refractivity contribution in [2.45, 2.75) is 6.54 Å². The monoisotopic (exact) mass is 456 g/mol. The summed E-state index contributed by atoms with van der Waals surface area (Å²) in [4.78, 5) is 14.8. The Labute approximate surface area is 188 Å². The average molecular weight is 457 g/mol. The van der Waals surface area contributed by atoms with Gasteiger partial charge in [-0.2, -0.15) is 10.2 Å². The Morgan fingerprint density at radius 1 is 1.03 bits per heavy atom. The van der Waals surface area contributed by atoms with Crippen molar-refractivity contribution in [2.24, 2.45) is 0 Å². The molecular formula is C22H18Cl2N4O3. The van der Waals surface area contributed by atoms with Crippen LogP contribution in [-0.2, 0) is 6.54 Å². The number of fused-ring (bicyclic) bond motifs is 1. The van der Waals surface area contributed by atoms with Gasteiger partial charge in [-0.1, -0.05) is 29.3 Å². The van der Waals surface area contributed by atoms with Crippen molar-refractivity contribution in [3.05, 3.63) is 82.5 Å². The molecule has 0 saturated heterocycles. The minimum atomic E-state index is -0.640. The number of urea groups is 1. The van der Waals surface area contributed by atoms with Crippen LogP contribution < -0.4 is 14.7 Å². The molecule has 0 bridgehead atoms. The first-order valence-corrected chi connectivity index (χ1v) is 10.0. The number of hydrogen-bond donors (Lipinski definition) is 2. The van der Waals surface area contributed by atoms with E-state index in [-0.39, 0.29) is 6.54 Å². The van der Waals surface area contributed by atoms with Crippen LogP contribution >= 0.6 is 23.2 Å². The van der Waals surface area contributed by atoms with Gasteiger partial charge in [0.1, 0.15) is 5.75 Å². The maximum atomic E-state index is 13.3. The van der Waals surface area contributed by atoms with E-state index in [4.69, 9.17) is 27.9 Å². The number of hydroxylamine groups is 1. The molecule has 1 aromatic heterocycles. The van der Waals surface area contributed by atoms with Crippen LogP contribution in [0.15, 0.2) is 66.9 Å². The number of ether oxygens (including phenoxy) is 1. The molecule has 0 unspecified atom stereocenters. The molecule has 9 heteroatoms. The molecule has 158 valence electrons. The fourth-order valence-electron chi connectivity index (χ4n) is 3.14. The first-order valence-electron chi connectivity index (χ1n) is 9.28. The summed E-state index contributed by atoms with van der Waals surface area (Å²) < 4.78 is 5.13. The zero-order chi connectivity index (χ0) is 22.0. The van der Waals surface area contributed by atoms with E-state index in [0.29, 0.717) is 32.2 Å². The number of aromatic nitrogens is 2. The lowest BCUT2D eigenvalue weighted by Crippen LogP contribution is -2.41. The minimum Gasteiger partial charge on any atom is -0.497 e. The van der Waals surface area contributed by atoms with Crippen LogP contribution in [-0.4, -0.2) is 28.5 Å². The third kappa shape index (κ3) is 4.44. The van der Waals surface area contributed by atoms with Gasteiger partial charge >= 0.3 is 6.03 Å². The Bertz CT molecular complexity index is 1230. The lowest BCUT2D eigenvalue weighted by Gasteiger charge is -2.27. The largest absolute Gasteiger partial charge is 0.497 e. The second kappa shape index (κ2) is 8.85. The molecule has 0 aliphatic rings. The van der Waals surface area contributed by atoms with E-state index >= 15 is 0 Å². The number of H-pyrrole nitrogens is 1. The molecule has 2 N–H and O–H groups in total. The zero-order valence-electron chi connectivity index (χ0n) is 16.4.